The summed E-state index contributed by atoms with van der Waals surface area (Å²) in [7, 11) is 0. The van der Waals surface area contributed by atoms with Crippen LogP contribution in [0.15, 0.2) is 11.8 Å². The summed E-state index contributed by atoms with van der Waals surface area (Å²) in [5, 5.41) is 9.96. The molecule has 1 aliphatic carbocycles. The predicted octanol–water partition coefficient (Wildman–Crippen LogP) is 3.00. The second-order valence-corrected chi connectivity index (χ2v) is 5.19. The minimum absolute atomic E-state index is 0. The van der Waals surface area contributed by atoms with Gasteiger partial charge in [0.15, 0.2) is 5.78 Å². The van der Waals surface area contributed by atoms with Crippen molar-refractivity contribution in [3.63, 3.8) is 0 Å². The fraction of sp³-hybridized carbons (Fsp3) is 0.786. The van der Waals surface area contributed by atoms with Crippen LogP contribution in [0.2, 0.25) is 0 Å². The van der Waals surface area contributed by atoms with Crippen molar-refractivity contribution in [1.82, 2.24) is 0 Å². The molecule has 2 fully saturated rings. The number of hydrogen-bond acceptors (Lipinski definition) is 3. The van der Waals surface area contributed by atoms with Gasteiger partial charge in [0.25, 0.3) is 0 Å². The van der Waals surface area contributed by atoms with Gasteiger partial charge in [-0.2, -0.15) is 0 Å². The van der Waals surface area contributed by atoms with E-state index in [1.165, 1.54) is 12.5 Å². The smallest absolute Gasteiger partial charge is 0.162 e. The molecule has 1 radical (unpaired) electrons. The second kappa shape index (κ2) is 8.03. The summed E-state index contributed by atoms with van der Waals surface area (Å²) in [5.74, 6) is 0.708. The molecule has 1 aliphatic heterocycles. The Labute approximate surface area is 121 Å². The molecule has 0 aromatic rings. The molecule has 0 amide bonds. The zero-order valence-corrected chi connectivity index (χ0v) is 12.2. The van der Waals surface area contributed by atoms with E-state index in [0.29, 0.717) is 13.2 Å². The largest absolute Gasteiger partial charge is 0.512 e. The number of ether oxygens (including phenoxy) is 1. The van der Waals surface area contributed by atoms with Crippen molar-refractivity contribution in [2.45, 2.75) is 44.9 Å². The van der Waals surface area contributed by atoms with Gasteiger partial charge >= 0.3 is 0 Å². The fourth-order valence-corrected chi connectivity index (χ4v) is 2.76. The number of carbonyl (C=O) groups is 1. The molecule has 1 saturated carbocycles. The average Bonchev–Trinajstić information content (AvgIpc) is 2.40. The quantitative estimate of drug-likeness (QED) is 0.641. The first kappa shape index (κ1) is 15.8. The van der Waals surface area contributed by atoms with Gasteiger partial charge < -0.3 is 9.84 Å². The van der Waals surface area contributed by atoms with Gasteiger partial charge in [0.1, 0.15) is 0 Å². The number of allylic oxidation sites excluding steroid dienone is 2. The molecule has 1 heterocycles. The van der Waals surface area contributed by atoms with Crippen molar-refractivity contribution in [3.8, 4) is 0 Å². The molecule has 0 aromatic heterocycles. The van der Waals surface area contributed by atoms with Crippen molar-refractivity contribution in [2.24, 2.45) is 11.8 Å². The zero-order chi connectivity index (χ0) is 12.1. The average molecular weight is 289 g/mol. The van der Waals surface area contributed by atoms with Crippen LogP contribution in [0.3, 0.4) is 0 Å². The number of rotatable bonds is 3. The third-order valence-corrected chi connectivity index (χ3v) is 3.94. The maximum Gasteiger partial charge on any atom is 0.162 e. The summed E-state index contributed by atoms with van der Waals surface area (Å²) in [6.45, 7) is 1.39. The van der Waals surface area contributed by atoms with E-state index < -0.39 is 0 Å². The molecule has 0 aromatic carbocycles. The molecule has 0 unspecified atom stereocenters. The van der Waals surface area contributed by atoms with E-state index in [-0.39, 0.29) is 41.9 Å². The molecular formula is C14H22O3V. The van der Waals surface area contributed by atoms with Crippen molar-refractivity contribution in [3.05, 3.63) is 11.8 Å². The molecule has 0 bridgehead atoms. The summed E-state index contributed by atoms with van der Waals surface area (Å²) in [6.07, 6.45) is 8.71. The van der Waals surface area contributed by atoms with Crippen LogP contribution in [0.5, 0.6) is 0 Å². The van der Waals surface area contributed by atoms with Crippen molar-refractivity contribution < 1.29 is 33.2 Å². The Morgan fingerprint density at radius 1 is 1.00 bits per heavy atom. The van der Waals surface area contributed by atoms with E-state index >= 15 is 0 Å². The van der Waals surface area contributed by atoms with Crippen LogP contribution in [0.25, 0.3) is 0 Å². The SMILES string of the molecule is O=C(/C=C(\O)C1CCOCC1)C1CCCCC1.[V]. The molecule has 1 N–H and O–H groups in total. The Bertz CT molecular complexity index is 289. The van der Waals surface area contributed by atoms with Gasteiger partial charge in [-0.25, -0.2) is 0 Å². The molecule has 101 valence electrons. The Morgan fingerprint density at radius 3 is 2.22 bits per heavy atom. The van der Waals surface area contributed by atoms with Gasteiger partial charge in [-0.1, -0.05) is 19.3 Å². The van der Waals surface area contributed by atoms with E-state index in [1.54, 1.807) is 0 Å². The Kier molecular flexibility index (Phi) is 7.05. The van der Waals surface area contributed by atoms with E-state index in [2.05, 4.69) is 0 Å². The summed E-state index contributed by atoms with van der Waals surface area (Å²) in [4.78, 5) is 12.0. The Morgan fingerprint density at radius 2 is 1.61 bits per heavy atom. The molecule has 2 aliphatic rings. The summed E-state index contributed by atoms with van der Waals surface area (Å²) < 4.78 is 5.25. The van der Waals surface area contributed by atoms with Crippen LogP contribution in [-0.2, 0) is 28.1 Å². The number of ketones is 1. The minimum Gasteiger partial charge on any atom is -0.512 e. The van der Waals surface area contributed by atoms with Crippen LogP contribution in [0, 0.1) is 11.8 Å². The van der Waals surface area contributed by atoms with Gasteiger partial charge in [0.05, 0.1) is 5.76 Å². The fourth-order valence-electron chi connectivity index (χ4n) is 2.76. The van der Waals surface area contributed by atoms with Crippen molar-refractivity contribution in [1.29, 1.82) is 0 Å². The van der Waals surface area contributed by atoms with Gasteiger partial charge in [0.2, 0.25) is 0 Å². The maximum atomic E-state index is 12.0. The summed E-state index contributed by atoms with van der Waals surface area (Å²) in [6, 6.07) is 0. The van der Waals surface area contributed by atoms with Crippen LogP contribution in [-0.4, -0.2) is 24.1 Å². The molecular weight excluding hydrogens is 267 g/mol. The molecule has 18 heavy (non-hydrogen) atoms. The van der Waals surface area contributed by atoms with Crippen LogP contribution >= 0.6 is 0 Å². The second-order valence-electron chi connectivity index (χ2n) is 5.19. The Balaban J connectivity index is 0.00000162. The van der Waals surface area contributed by atoms with E-state index in [1.807, 2.05) is 0 Å². The summed E-state index contributed by atoms with van der Waals surface area (Å²) >= 11 is 0. The number of aliphatic hydroxyl groups is 1. The van der Waals surface area contributed by atoms with Gasteiger partial charge in [0, 0.05) is 49.7 Å². The van der Waals surface area contributed by atoms with Crippen molar-refractivity contribution in [2.75, 3.05) is 13.2 Å². The van der Waals surface area contributed by atoms with Crippen molar-refractivity contribution >= 4 is 5.78 Å². The topological polar surface area (TPSA) is 46.5 Å². The third kappa shape index (κ3) is 4.45. The number of carbonyl (C=O) groups excluding carboxylic acids is 1. The molecule has 2 rings (SSSR count). The minimum atomic E-state index is 0. The van der Waals surface area contributed by atoms with E-state index in [4.69, 9.17) is 4.74 Å². The zero-order valence-electron chi connectivity index (χ0n) is 10.8. The van der Waals surface area contributed by atoms with Gasteiger partial charge in [-0.05, 0) is 25.7 Å². The Hall–Kier alpha value is -0.246. The van der Waals surface area contributed by atoms with Gasteiger partial charge in [-0.15, -0.1) is 0 Å². The normalized spacial score (nSPS) is 23.4. The first-order chi connectivity index (χ1) is 8.27. The molecule has 3 nitrogen and oxygen atoms in total. The monoisotopic (exact) mass is 289 g/mol. The maximum absolute atomic E-state index is 12.0. The van der Waals surface area contributed by atoms with Gasteiger partial charge in [-0.3, -0.25) is 4.79 Å². The first-order valence-corrected chi connectivity index (χ1v) is 6.79. The van der Waals surface area contributed by atoms with E-state index in [0.717, 1.165) is 38.5 Å². The molecule has 1 saturated heterocycles. The first-order valence-electron chi connectivity index (χ1n) is 6.79. The van der Waals surface area contributed by atoms with Crippen LogP contribution in [0.4, 0.5) is 0 Å². The summed E-state index contributed by atoms with van der Waals surface area (Å²) in [5.41, 5.74) is 0. The van der Waals surface area contributed by atoms with Crippen LogP contribution < -0.4 is 0 Å². The number of hydrogen-bond donors (Lipinski definition) is 1. The third-order valence-electron chi connectivity index (χ3n) is 3.94. The molecule has 4 heteroatoms. The van der Waals surface area contributed by atoms with Crippen LogP contribution in [0.1, 0.15) is 44.9 Å². The predicted molar refractivity (Wildman–Crippen MR) is 65.8 cm³/mol. The molecule has 0 atom stereocenters. The number of aliphatic hydroxyl groups excluding tert-OH is 1. The standard InChI is InChI=1S/C14H22O3.V/c15-13(11-4-2-1-3-5-11)10-14(16)12-6-8-17-9-7-12;/h10-12,16H,1-9H2;/b14-10-;. The van der Waals surface area contributed by atoms with E-state index in [9.17, 15) is 9.90 Å². The molecule has 0 spiro atoms.